The van der Waals surface area contributed by atoms with Crippen molar-refractivity contribution in [1.82, 2.24) is 4.90 Å². The maximum absolute atomic E-state index is 12.1. The predicted molar refractivity (Wildman–Crippen MR) is 87.9 cm³/mol. The predicted octanol–water partition coefficient (Wildman–Crippen LogP) is 2.54. The Bertz CT molecular complexity index is 497. The van der Waals surface area contributed by atoms with E-state index in [-0.39, 0.29) is 5.91 Å². The van der Waals surface area contributed by atoms with Crippen molar-refractivity contribution in [2.24, 2.45) is 0 Å². The second-order valence-corrected chi connectivity index (χ2v) is 5.51. The molecule has 122 valence electrons. The number of anilines is 1. The first-order chi connectivity index (χ1) is 10.7. The Morgan fingerprint density at radius 3 is 2.45 bits per heavy atom. The van der Waals surface area contributed by atoms with Crippen LogP contribution in [0.3, 0.4) is 0 Å². The lowest BCUT2D eigenvalue weighted by Gasteiger charge is -2.36. The number of piperazine rings is 1. The van der Waals surface area contributed by atoms with Gasteiger partial charge in [0.25, 0.3) is 0 Å². The number of hydrogen-bond acceptors (Lipinski definition) is 4. The van der Waals surface area contributed by atoms with E-state index in [1.165, 1.54) is 0 Å². The van der Waals surface area contributed by atoms with E-state index < -0.39 is 0 Å². The molecule has 0 aromatic heterocycles. The van der Waals surface area contributed by atoms with Gasteiger partial charge < -0.3 is 19.3 Å². The molecule has 1 saturated heterocycles. The molecule has 1 aromatic rings. The Hall–Kier alpha value is -1.91. The second kappa shape index (κ2) is 7.92. The Balaban J connectivity index is 1.98. The summed E-state index contributed by atoms with van der Waals surface area (Å²) in [6.45, 7) is 5.33. The van der Waals surface area contributed by atoms with Crippen molar-refractivity contribution in [2.75, 3.05) is 45.3 Å². The van der Waals surface area contributed by atoms with Crippen LogP contribution in [0.5, 0.6) is 11.5 Å². The van der Waals surface area contributed by atoms with E-state index in [1.54, 1.807) is 14.2 Å². The largest absolute Gasteiger partial charge is 0.497 e. The van der Waals surface area contributed by atoms with Crippen molar-refractivity contribution in [3.8, 4) is 11.5 Å². The third-order valence-corrected chi connectivity index (χ3v) is 4.10. The lowest BCUT2D eigenvalue weighted by Crippen LogP contribution is -2.48. The van der Waals surface area contributed by atoms with Crippen molar-refractivity contribution >= 4 is 11.6 Å². The molecule has 1 aliphatic rings. The molecular formula is C17H26N2O3. The fourth-order valence-electron chi connectivity index (χ4n) is 2.73. The molecule has 0 spiro atoms. The molecule has 0 bridgehead atoms. The average Bonchev–Trinajstić information content (AvgIpc) is 2.59. The van der Waals surface area contributed by atoms with E-state index in [0.29, 0.717) is 6.42 Å². The summed E-state index contributed by atoms with van der Waals surface area (Å²) >= 11 is 0. The Kier molecular flexibility index (Phi) is 5.92. The molecule has 0 unspecified atom stereocenters. The van der Waals surface area contributed by atoms with Crippen LogP contribution in [0, 0.1) is 0 Å². The molecular weight excluding hydrogens is 280 g/mol. The summed E-state index contributed by atoms with van der Waals surface area (Å²) in [6, 6.07) is 5.86. The molecule has 5 heteroatoms. The molecule has 22 heavy (non-hydrogen) atoms. The van der Waals surface area contributed by atoms with E-state index in [0.717, 1.165) is 56.2 Å². The number of ether oxygens (including phenoxy) is 2. The lowest BCUT2D eigenvalue weighted by molar-refractivity contribution is -0.131. The summed E-state index contributed by atoms with van der Waals surface area (Å²) in [5.41, 5.74) is 1.06. The van der Waals surface area contributed by atoms with E-state index in [1.807, 2.05) is 23.1 Å². The minimum atomic E-state index is 0.281. The van der Waals surface area contributed by atoms with E-state index in [2.05, 4.69) is 11.8 Å². The summed E-state index contributed by atoms with van der Waals surface area (Å²) in [5.74, 6) is 1.88. The van der Waals surface area contributed by atoms with Gasteiger partial charge in [-0.2, -0.15) is 0 Å². The molecule has 1 fully saturated rings. The van der Waals surface area contributed by atoms with Crippen LogP contribution in [0.1, 0.15) is 26.2 Å². The summed E-state index contributed by atoms with van der Waals surface area (Å²) in [5, 5.41) is 0. The number of amides is 1. The Labute approximate surface area is 132 Å². The fraction of sp³-hybridized carbons (Fsp3) is 0.588. The van der Waals surface area contributed by atoms with Crippen LogP contribution in [0.15, 0.2) is 18.2 Å². The number of methoxy groups -OCH3 is 2. The number of carbonyl (C=O) groups is 1. The smallest absolute Gasteiger partial charge is 0.222 e. The molecule has 1 aromatic carbocycles. The van der Waals surface area contributed by atoms with Crippen molar-refractivity contribution < 1.29 is 14.3 Å². The number of benzene rings is 1. The third-order valence-electron chi connectivity index (χ3n) is 4.10. The minimum absolute atomic E-state index is 0.281. The Morgan fingerprint density at radius 2 is 1.86 bits per heavy atom. The van der Waals surface area contributed by atoms with Gasteiger partial charge in [-0.05, 0) is 18.6 Å². The van der Waals surface area contributed by atoms with Crippen molar-refractivity contribution in [3.05, 3.63) is 18.2 Å². The first-order valence-electron chi connectivity index (χ1n) is 7.94. The van der Waals surface area contributed by atoms with Gasteiger partial charge in [0, 0.05) is 38.7 Å². The maximum Gasteiger partial charge on any atom is 0.222 e. The quantitative estimate of drug-likeness (QED) is 0.810. The number of carbonyl (C=O) groups excluding carboxylic acids is 1. The average molecular weight is 306 g/mol. The zero-order chi connectivity index (χ0) is 15.9. The van der Waals surface area contributed by atoms with Gasteiger partial charge >= 0.3 is 0 Å². The van der Waals surface area contributed by atoms with Crippen molar-refractivity contribution in [1.29, 1.82) is 0 Å². The molecule has 5 nitrogen and oxygen atoms in total. The molecule has 2 rings (SSSR count). The van der Waals surface area contributed by atoms with Gasteiger partial charge in [0.1, 0.15) is 11.5 Å². The van der Waals surface area contributed by atoms with Crippen LogP contribution in [0.4, 0.5) is 5.69 Å². The van der Waals surface area contributed by atoms with Crippen LogP contribution in [0.2, 0.25) is 0 Å². The molecule has 0 aliphatic carbocycles. The molecule has 0 N–H and O–H groups in total. The topological polar surface area (TPSA) is 42.0 Å². The van der Waals surface area contributed by atoms with Crippen molar-refractivity contribution in [2.45, 2.75) is 26.2 Å². The van der Waals surface area contributed by atoms with E-state index >= 15 is 0 Å². The van der Waals surface area contributed by atoms with Crippen LogP contribution >= 0.6 is 0 Å². The standard InChI is InChI=1S/C17H26N2O3/c1-4-5-6-17(20)19-11-9-18(10-12-19)15-8-7-14(21-2)13-16(15)22-3/h7-8,13H,4-6,9-12H2,1-3H3. The molecule has 1 aliphatic heterocycles. The minimum Gasteiger partial charge on any atom is -0.497 e. The molecule has 0 saturated carbocycles. The van der Waals surface area contributed by atoms with E-state index in [4.69, 9.17) is 9.47 Å². The number of hydrogen-bond donors (Lipinski definition) is 0. The highest BCUT2D eigenvalue weighted by Crippen LogP contribution is 2.32. The fourth-order valence-corrected chi connectivity index (χ4v) is 2.73. The normalized spacial score (nSPS) is 14.9. The number of rotatable bonds is 6. The van der Waals surface area contributed by atoms with Gasteiger partial charge in [-0.3, -0.25) is 4.79 Å². The first-order valence-corrected chi connectivity index (χ1v) is 7.94. The summed E-state index contributed by atoms with van der Waals surface area (Å²) in [7, 11) is 3.32. The van der Waals surface area contributed by atoms with Gasteiger partial charge in [-0.25, -0.2) is 0 Å². The summed E-state index contributed by atoms with van der Waals surface area (Å²) in [4.78, 5) is 16.3. The zero-order valence-electron chi connectivity index (χ0n) is 13.8. The molecule has 1 heterocycles. The van der Waals surface area contributed by atoms with Gasteiger partial charge in [0.15, 0.2) is 0 Å². The number of unbranched alkanes of at least 4 members (excludes halogenated alkanes) is 1. The highest BCUT2D eigenvalue weighted by atomic mass is 16.5. The molecule has 0 atom stereocenters. The first kappa shape index (κ1) is 16.5. The third kappa shape index (κ3) is 3.84. The maximum atomic E-state index is 12.1. The highest BCUT2D eigenvalue weighted by molar-refractivity contribution is 5.76. The van der Waals surface area contributed by atoms with Crippen LogP contribution in [-0.4, -0.2) is 51.2 Å². The number of nitrogens with zero attached hydrogens (tertiary/aromatic N) is 2. The van der Waals surface area contributed by atoms with Crippen LogP contribution in [-0.2, 0) is 4.79 Å². The van der Waals surface area contributed by atoms with Gasteiger partial charge in [0.2, 0.25) is 5.91 Å². The molecule has 1 amide bonds. The SMILES string of the molecule is CCCCC(=O)N1CCN(c2ccc(OC)cc2OC)CC1. The molecule has 0 radical (unpaired) electrons. The monoisotopic (exact) mass is 306 g/mol. The summed E-state index contributed by atoms with van der Waals surface area (Å²) < 4.78 is 10.7. The zero-order valence-corrected chi connectivity index (χ0v) is 13.8. The van der Waals surface area contributed by atoms with Crippen molar-refractivity contribution in [3.63, 3.8) is 0 Å². The lowest BCUT2D eigenvalue weighted by atomic mass is 10.2. The van der Waals surface area contributed by atoms with Gasteiger partial charge in [-0.15, -0.1) is 0 Å². The summed E-state index contributed by atoms with van der Waals surface area (Å²) in [6.07, 6.45) is 2.71. The second-order valence-electron chi connectivity index (χ2n) is 5.51. The van der Waals surface area contributed by atoms with Crippen LogP contribution in [0.25, 0.3) is 0 Å². The van der Waals surface area contributed by atoms with Crippen LogP contribution < -0.4 is 14.4 Å². The van der Waals surface area contributed by atoms with Gasteiger partial charge in [0.05, 0.1) is 19.9 Å². The highest BCUT2D eigenvalue weighted by Gasteiger charge is 2.22. The Morgan fingerprint density at radius 1 is 1.14 bits per heavy atom. The van der Waals surface area contributed by atoms with Gasteiger partial charge in [-0.1, -0.05) is 13.3 Å². The van der Waals surface area contributed by atoms with E-state index in [9.17, 15) is 4.79 Å².